The van der Waals surface area contributed by atoms with Gasteiger partial charge in [0.25, 0.3) is 0 Å². The van der Waals surface area contributed by atoms with Gasteiger partial charge in [-0.3, -0.25) is 4.98 Å². The average molecular weight is 294 g/mol. The van der Waals surface area contributed by atoms with Gasteiger partial charge in [0.15, 0.2) is 0 Å². The van der Waals surface area contributed by atoms with Gasteiger partial charge in [0, 0.05) is 24.7 Å². The second-order valence-electron chi connectivity index (χ2n) is 4.78. The molecule has 2 heterocycles. The fraction of sp³-hybridized carbons (Fsp3) is 0.308. The van der Waals surface area contributed by atoms with Crippen molar-refractivity contribution in [1.29, 1.82) is 0 Å². The maximum absolute atomic E-state index is 12.6. The molecule has 106 valence electrons. The monoisotopic (exact) mass is 294 g/mol. The third-order valence-corrected chi connectivity index (χ3v) is 5.34. The van der Waals surface area contributed by atoms with Gasteiger partial charge in [-0.05, 0) is 24.3 Å². The Balaban J connectivity index is 2.11. The Kier molecular flexibility index (Phi) is 3.21. The lowest BCUT2D eigenvalue weighted by atomic mass is 10.2. The molecule has 2 N–H and O–H groups in total. The van der Waals surface area contributed by atoms with E-state index in [1.165, 1.54) is 6.07 Å². The predicted octanol–water partition coefficient (Wildman–Crippen LogP) is -0.0391. The Morgan fingerprint density at radius 2 is 1.80 bits per heavy atom. The van der Waals surface area contributed by atoms with Gasteiger partial charge in [-0.2, -0.15) is 4.31 Å². The summed E-state index contributed by atoms with van der Waals surface area (Å²) in [6, 6.07) is 8.25. The highest BCUT2D eigenvalue weighted by molar-refractivity contribution is 7.89. The largest absolute Gasteiger partial charge is 0.389 e. The molecular formula is C13H14N2O4S. The van der Waals surface area contributed by atoms with Crippen LogP contribution in [0.4, 0.5) is 0 Å². The van der Waals surface area contributed by atoms with Crippen LogP contribution in [0.15, 0.2) is 41.4 Å². The number of sulfonamides is 1. The molecule has 0 amide bonds. The molecule has 0 saturated carbocycles. The minimum atomic E-state index is -3.76. The van der Waals surface area contributed by atoms with Crippen LogP contribution in [0.3, 0.4) is 0 Å². The highest BCUT2D eigenvalue weighted by Gasteiger charge is 2.38. The first-order valence-electron chi connectivity index (χ1n) is 6.20. The second-order valence-corrected chi connectivity index (χ2v) is 6.69. The van der Waals surface area contributed by atoms with E-state index in [0.29, 0.717) is 10.9 Å². The number of fused-ring (bicyclic) bond motifs is 1. The van der Waals surface area contributed by atoms with Crippen molar-refractivity contribution >= 4 is 20.9 Å². The summed E-state index contributed by atoms with van der Waals surface area (Å²) in [7, 11) is -3.76. The van der Waals surface area contributed by atoms with Crippen LogP contribution in [0.25, 0.3) is 10.9 Å². The van der Waals surface area contributed by atoms with Crippen molar-refractivity contribution in [3.05, 3.63) is 36.5 Å². The predicted molar refractivity (Wildman–Crippen MR) is 72.5 cm³/mol. The van der Waals surface area contributed by atoms with E-state index in [1.807, 2.05) is 0 Å². The van der Waals surface area contributed by atoms with E-state index < -0.39 is 22.2 Å². The SMILES string of the molecule is O=S(=O)(c1cccc2ncccc12)N1C[C@@H](O)[C@@H](O)C1. The van der Waals surface area contributed by atoms with Crippen LogP contribution >= 0.6 is 0 Å². The minimum Gasteiger partial charge on any atom is -0.389 e. The molecular weight excluding hydrogens is 280 g/mol. The van der Waals surface area contributed by atoms with E-state index in [-0.39, 0.29) is 18.0 Å². The zero-order valence-corrected chi connectivity index (χ0v) is 11.4. The molecule has 1 aromatic heterocycles. The molecule has 3 rings (SSSR count). The van der Waals surface area contributed by atoms with Gasteiger partial charge in [-0.15, -0.1) is 0 Å². The Morgan fingerprint density at radius 1 is 1.10 bits per heavy atom. The third-order valence-electron chi connectivity index (χ3n) is 3.45. The molecule has 0 spiro atoms. The molecule has 7 heteroatoms. The highest BCUT2D eigenvalue weighted by Crippen LogP contribution is 2.27. The number of β-amino-alcohol motifs (C(OH)–C–C–N with tert-alkyl or cyclic N) is 2. The first-order chi connectivity index (χ1) is 9.50. The van der Waals surface area contributed by atoms with E-state index in [2.05, 4.69) is 4.98 Å². The lowest BCUT2D eigenvalue weighted by molar-refractivity contribution is 0.0572. The number of benzene rings is 1. The van der Waals surface area contributed by atoms with E-state index in [9.17, 15) is 18.6 Å². The summed E-state index contributed by atoms with van der Waals surface area (Å²) in [6.45, 7) is -0.194. The van der Waals surface area contributed by atoms with Gasteiger partial charge >= 0.3 is 0 Å². The Hall–Kier alpha value is -1.54. The molecule has 0 unspecified atom stereocenters. The van der Waals surface area contributed by atoms with Gasteiger partial charge in [0.2, 0.25) is 10.0 Å². The molecule has 2 atom stereocenters. The lowest BCUT2D eigenvalue weighted by Crippen LogP contribution is -2.30. The van der Waals surface area contributed by atoms with Gasteiger partial charge in [0.05, 0.1) is 22.6 Å². The lowest BCUT2D eigenvalue weighted by Gasteiger charge is -2.16. The normalized spacial score (nSPS) is 24.3. The van der Waals surface area contributed by atoms with Gasteiger partial charge in [-0.1, -0.05) is 6.07 Å². The van der Waals surface area contributed by atoms with Crippen molar-refractivity contribution in [2.75, 3.05) is 13.1 Å². The summed E-state index contributed by atoms with van der Waals surface area (Å²) in [6.07, 6.45) is -0.488. The van der Waals surface area contributed by atoms with Gasteiger partial charge < -0.3 is 10.2 Å². The fourth-order valence-corrected chi connectivity index (χ4v) is 4.05. The van der Waals surface area contributed by atoms with E-state index in [4.69, 9.17) is 0 Å². The molecule has 1 aliphatic rings. The molecule has 1 fully saturated rings. The smallest absolute Gasteiger partial charge is 0.243 e. The highest BCUT2D eigenvalue weighted by atomic mass is 32.2. The summed E-state index contributed by atoms with van der Waals surface area (Å²) >= 11 is 0. The molecule has 0 radical (unpaired) electrons. The molecule has 1 aliphatic heterocycles. The van der Waals surface area contributed by atoms with Crippen LogP contribution in [0.2, 0.25) is 0 Å². The van der Waals surface area contributed by atoms with Crippen molar-refractivity contribution in [2.45, 2.75) is 17.1 Å². The Bertz CT molecular complexity index is 732. The molecule has 20 heavy (non-hydrogen) atoms. The number of hydrogen-bond acceptors (Lipinski definition) is 5. The van der Waals surface area contributed by atoms with E-state index in [0.717, 1.165) is 4.31 Å². The van der Waals surface area contributed by atoms with Gasteiger partial charge in [-0.25, -0.2) is 8.42 Å². The van der Waals surface area contributed by atoms with Crippen LogP contribution in [0, 0.1) is 0 Å². The van der Waals surface area contributed by atoms with Crippen molar-refractivity contribution in [2.24, 2.45) is 0 Å². The number of aliphatic hydroxyl groups excluding tert-OH is 2. The number of aliphatic hydroxyl groups is 2. The molecule has 1 aromatic carbocycles. The Morgan fingerprint density at radius 3 is 2.50 bits per heavy atom. The van der Waals surface area contributed by atoms with Crippen molar-refractivity contribution < 1.29 is 18.6 Å². The third kappa shape index (κ3) is 2.08. The summed E-state index contributed by atoms with van der Waals surface area (Å²) in [5, 5.41) is 19.6. The number of pyridine rings is 1. The van der Waals surface area contributed by atoms with Crippen LogP contribution in [-0.2, 0) is 10.0 Å². The molecule has 0 bridgehead atoms. The average Bonchev–Trinajstić information content (AvgIpc) is 2.79. The molecule has 6 nitrogen and oxygen atoms in total. The summed E-state index contributed by atoms with van der Waals surface area (Å²) in [5.74, 6) is 0. The zero-order chi connectivity index (χ0) is 14.3. The van der Waals surface area contributed by atoms with Crippen molar-refractivity contribution in [3.63, 3.8) is 0 Å². The van der Waals surface area contributed by atoms with Crippen LogP contribution in [0.5, 0.6) is 0 Å². The maximum Gasteiger partial charge on any atom is 0.243 e. The number of hydrogen-bond donors (Lipinski definition) is 2. The molecule has 2 aromatic rings. The fourth-order valence-electron chi connectivity index (χ4n) is 2.37. The van der Waals surface area contributed by atoms with Crippen molar-refractivity contribution in [3.8, 4) is 0 Å². The van der Waals surface area contributed by atoms with E-state index in [1.54, 1.807) is 30.5 Å². The molecule has 0 aliphatic carbocycles. The quantitative estimate of drug-likeness (QED) is 0.811. The minimum absolute atomic E-state index is 0.0971. The molecule has 1 saturated heterocycles. The van der Waals surface area contributed by atoms with Gasteiger partial charge in [0.1, 0.15) is 0 Å². The van der Waals surface area contributed by atoms with Crippen LogP contribution in [0.1, 0.15) is 0 Å². The van der Waals surface area contributed by atoms with Crippen LogP contribution in [-0.4, -0.2) is 53.2 Å². The maximum atomic E-state index is 12.6. The summed E-state index contributed by atoms with van der Waals surface area (Å²) in [4.78, 5) is 4.27. The first kappa shape index (κ1) is 13.4. The standard InChI is InChI=1S/C13H14N2O4S/c16-11-7-15(8-12(11)17)20(18,19)13-5-1-4-10-9(13)3-2-6-14-10/h1-6,11-12,16-17H,7-8H2/t11-,12+. The summed E-state index contributed by atoms with van der Waals surface area (Å²) < 4.78 is 26.3. The topological polar surface area (TPSA) is 90.7 Å². The number of aromatic nitrogens is 1. The van der Waals surface area contributed by atoms with E-state index >= 15 is 0 Å². The summed E-state index contributed by atoms with van der Waals surface area (Å²) in [5.41, 5.74) is 0.592. The second kappa shape index (κ2) is 4.78. The zero-order valence-electron chi connectivity index (χ0n) is 10.5. The number of nitrogens with zero attached hydrogens (tertiary/aromatic N) is 2. The Labute approximate surface area is 116 Å². The van der Waals surface area contributed by atoms with Crippen LogP contribution < -0.4 is 0 Å². The van der Waals surface area contributed by atoms with Crippen molar-refractivity contribution in [1.82, 2.24) is 9.29 Å². The number of rotatable bonds is 2. The first-order valence-corrected chi connectivity index (χ1v) is 7.64.